The average molecular weight is 499 g/mol. The van der Waals surface area contributed by atoms with Gasteiger partial charge in [-0.25, -0.2) is 9.78 Å². The van der Waals surface area contributed by atoms with Gasteiger partial charge < -0.3 is 9.64 Å². The Hall–Kier alpha value is -2.00. The molecule has 29 heavy (non-hydrogen) atoms. The molecule has 0 saturated carbocycles. The Kier molecular flexibility index (Phi) is 8.15. The lowest BCUT2D eigenvalue weighted by molar-refractivity contribution is 0.0597. The van der Waals surface area contributed by atoms with Crippen LogP contribution in [0.1, 0.15) is 20.7 Å². The quantitative estimate of drug-likeness (QED) is 0.469. The lowest BCUT2D eigenvalue weighted by Crippen LogP contribution is -2.37. The van der Waals surface area contributed by atoms with Crippen molar-refractivity contribution in [2.24, 2.45) is 0 Å². The molecule has 3 rings (SSSR count). The first kappa shape index (κ1) is 23.3. The summed E-state index contributed by atoms with van der Waals surface area (Å²) in [7, 11) is 5.19. The van der Waals surface area contributed by atoms with Crippen LogP contribution in [0.15, 0.2) is 46.9 Å². The molecule has 0 radical (unpaired) electrons. The number of carbonyl (C=O) groups excluding carboxylic acids is 2. The number of carbonyl (C=O) groups is 2. The highest BCUT2D eigenvalue weighted by Crippen LogP contribution is 2.32. The van der Waals surface area contributed by atoms with Gasteiger partial charge >= 0.3 is 5.97 Å². The van der Waals surface area contributed by atoms with Gasteiger partial charge in [0.05, 0.1) is 28.5 Å². The Balaban J connectivity index is 0.00000300. The van der Waals surface area contributed by atoms with E-state index in [9.17, 15) is 9.59 Å². The molecule has 0 aliphatic carbocycles. The molecule has 9 heteroatoms. The zero-order valence-corrected chi connectivity index (χ0v) is 19.4. The fourth-order valence-electron chi connectivity index (χ4n) is 2.69. The van der Waals surface area contributed by atoms with E-state index in [1.54, 1.807) is 29.2 Å². The summed E-state index contributed by atoms with van der Waals surface area (Å²) < 4.78 is 6.77. The molecule has 1 amide bonds. The zero-order chi connectivity index (χ0) is 20.3. The number of aromatic nitrogens is 1. The number of anilines is 1. The zero-order valence-electron chi connectivity index (χ0n) is 16.2. The van der Waals surface area contributed by atoms with E-state index in [1.165, 1.54) is 18.4 Å². The Morgan fingerprint density at radius 2 is 1.79 bits per heavy atom. The first-order valence-corrected chi connectivity index (χ1v) is 10.2. The second kappa shape index (κ2) is 10.2. The van der Waals surface area contributed by atoms with E-state index >= 15 is 0 Å². The molecule has 2 aromatic carbocycles. The summed E-state index contributed by atoms with van der Waals surface area (Å²) in [6.45, 7) is 1.11. The Morgan fingerprint density at radius 1 is 1.10 bits per heavy atom. The van der Waals surface area contributed by atoms with Gasteiger partial charge in [0.25, 0.3) is 5.91 Å². The van der Waals surface area contributed by atoms with Crippen LogP contribution in [0.4, 0.5) is 5.13 Å². The van der Waals surface area contributed by atoms with Gasteiger partial charge in [0, 0.05) is 17.6 Å². The van der Waals surface area contributed by atoms with Crippen LogP contribution in [0.3, 0.4) is 0 Å². The van der Waals surface area contributed by atoms with Gasteiger partial charge in [-0.1, -0.05) is 39.4 Å². The maximum Gasteiger partial charge on any atom is 0.338 e. The Morgan fingerprint density at radius 3 is 2.45 bits per heavy atom. The van der Waals surface area contributed by atoms with Crippen LogP contribution in [-0.4, -0.2) is 56.1 Å². The van der Waals surface area contributed by atoms with Crippen LogP contribution in [-0.2, 0) is 4.74 Å². The number of hydrogen-bond donors (Lipinski definition) is 0. The molecule has 0 aliphatic heterocycles. The van der Waals surface area contributed by atoms with E-state index in [0.29, 0.717) is 23.8 Å². The maximum atomic E-state index is 13.4. The summed E-state index contributed by atoms with van der Waals surface area (Å²) in [5.74, 6) is -0.814. The number of amides is 1. The highest BCUT2D eigenvalue weighted by atomic mass is 79.9. The van der Waals surface area contributed by atoms with Gasteiger partial charge in [-0.15, -0.1) is 12.4 Å². The molecule has 6 nitrogen and oxygen atoms in total. The first-order valence-electron chi connectivity index (χ1n) is 8.60. The second-order valence-electron chi connectivity index (χ2n) is 6.41. The van der Waals surface area contributed by atoms with Crippen molar-refractivity contribution in [1.29, 1.82) is 0 Å². The number of methoxy groups -OCH3 is 1. The smallest absolute Gasteiger partial charge is 0.338 e. The summed E-state index contributed by atoms with van der Waals surface area (Å²) in [5, 5.41) is 0.597. The molecule has 0 bridgehead atoms. The number of likely N-dealkylation sites (N-methyl/N-ethyl adjacent to an activating group) is 1. The van der Waals surface area contributed by atoms with Crippen LogP contribution >= 0.6 is 39.7 Å². The molecule has 0 N–H and O–H groups in total. The number of benzene rings is 2. The van der Waals surface area contributed by atoms with Gasteiger partial charge in [0.1, 0.15) is 0 Å². The first-order chi connectivity index (χ1) is 13.4. The molecular formula is C20H21BrClN3O3S. The monoisotopic (exact) mass is 497 g/mol. The fourth-order valence-corrected chi connectivity index (χ4v) is 4.23. The number of thiazole rings is 1. The van der Waals surface area contributed by atoms with Crippen molar-refractivity contribution in [3.05, 3.63) is 58.1 Å². The van der Waals surface area contributed by atoms with Gasteiger partial charge in [0.2, 0.25) is 0 Å². The molecule has 1 aromatic heterocycles. The highest BCUT2D eigenvalue weighted by Gasteiger charge is 2.25. The van der Waals surface area contributed by atoms with Crippen LogP contribution in [0.5, 0.6) is 0 Å². The van der Waals surface area contributed by atoms with Crippen molar-refractivity contribution in [2.75, 3.05) is 39.2 Å². The van der Waals surface area contributed by atoms with Crippen molar-refractivity contribution in [3.8, 4) is 0 Å². The predicted molar refractivity (Wildman–Crippen MR) is 123 cm³/mol. The molecule has 0 saturated heterocycles. The van der Waals surface area contributed by atoms with Crippen molar-refractivity contribution in [1.82, 2.24) is 9.88 Å². The summed E-state index contributed by atoms with van der Waals surface area (Å²) in [6.07, 6.45) is 0. The summed E-state index contributed by atoms with van der Waals surface area (Å²) >= 11 is 4.91. The van der Waals surface area contributed by atoms with Gasteiger partial charge in [-0.2, -0.15) is 0 Å². The molecule has 0 spiro atoms. The molecule has 0 unspecified atom stereocenters. The predicted octanol–water partition coefficient (Wildman–Crippen LogP) is 4.48. The topological polar surface area (TPSA) is 62.7 Å². The normalized spacial score (nSPS) is 10.7. The molecule has 154 valence electrons. The van der Waals surface area contributed by atoms with E-state index in [2.05, 4.69) is 20.9 Å². The fraction of sp³-hybridized carbons (Fsp3) is 0.250. The molecule has 0 aliphatic rings. The third-order valence-electron chi connectivity index (χ3n) is 4.15. The van der Waals surface area contributed by atoms with E-state index in [1.807, 2.05) is 37.2 Å². The molecule has 0 fully saturated rings. The second-order valence-corrected chi connectivity index (χ2v) is 8.33. The Labute approximate surface area is 188 Å². The molecular weight excluding hydrogens is 478 g/mol. The van der Waals surface area contributed by atoms with E-state index < -0.39 is 5.97 Å². The minimum Gasteiger partial charge on any atom is -0.465 e. The van der Waals surface area contributed by atoms with Crippen molar-refractivity contribution >= 4 is 66.9 Å². The number of fused-ring (bicyclic) bond motifs is 1. The number of esters is 1. The van der Waals surface area contributed by atoms with E-state index in [4.69, 9.17) is 4.74 Å². The van der Waals surface area contributed by atoms with Crippen molar-refractivity contribution < 1.29 is 14.3 Å². The maximum absolute atomic E-state index is 13.4. The van der Waals surface area contributed by atoms with Crippen molar-refractivity contribution in [2.45, 2.75) is 0 Å². The minimum atomic E-state index is -0.537. The SMILES string of the molecule is COC(=O)c1ccccc1C(=O)N(CCN(C)C)c1nc2ccc(Br)cc2s1.Cl. The number of hydrogen-bond acceptors (Lipinski definition) is 6. The van der Waals surface area contributed by atoms with E-state index in [-0.39, 0.29) is 23.9 Å². The Bertz CT molecular complexity index is 1030. The van der Waals surface area contributed by atoms with Crippen LogP contribution in [0.2, 0.25) is 0 Å². The molecule has 1 heterocycles. The number of nitrogens with zero attached hydrogens (tertiary/aromatic N) is 3. The molecule has 0 atom stereocenters. The standard InChI is InChI=1S/C20H20BrN3O3S.ClH/c1-23(2)10-11-24(20-22-16-9-8-13(21)12-17(16)28-20)18(25)14-6-4-5-7-15(14)19(26)27-3;/h4-9,12H,10-11H2,1-3H3;1H. The van der Waals surface area contributed by atoms with E-state index in [0.717, 1.165) is 14.7 Å². The number of ether oxygens (including phenoxy) is 1. The summed E-state index contributed by atoms with van der Waals surface area (Å²) in [6, 6.07) is 12.5. The average Bonchev–Trinajstić information content (AvgIpc) is 3.09. The van der Waals surface area contributed by atoms with Gasteiger partial charge in [-0.05, 0) is 44.4 Å². The highest BCUT2D eigenvalue weighted by molar-refractivity contribution is 9.10. The molecule has 3 aromatic rings. The van der Waals surface area contributed by atoms with Gasteiger partial charge in [0.15, 0.2) is 5.13 Å². The van der Waals surface area contributed by atoms with Crippen LogP contribution in [0.25, 0.3) is 10.2 Å². The van der Waals surface area contributed by atoms with Crippen LogP contribution < -0.4 is 4.90 Å². The number of rotatable bonds is 6. The third-order valence-corrected chi connectivity index (χ3v) is 5.68. The third kappa shape index (κ3) is 5.33. The van der Waals surface area contributed by atoms with Crippen LogP contribution in [0, 0.1) is 0 Å². The lowest BCUT2D eigenvalue weighted by atomic mass is 10.1. The van der Waals surface area contributed by atoms with Gasteiger partial charge in [-0.3, -0.25) is 9.69 Å². The minimum absolute atomic E-state index is 0. The largest absolute Gasteiger partial charge is 0.465 e. The lowest BCUT2D eigenvalue weighted by Gasteiger charge is -2.22. The number of halogens is 2. The van der Waals surface area contributed by atoms with Crippen molar-refractivity contribution in [3.63, 3.8) is 0 Å². The summed E-state index contributed by atoms with van der Waals surface area (Å²) in [4.78, 5) is 33.8. The summed E-state index contributed by atoms with van der Waals surface area (Å²) in [5.41, 5.74) is 1.37.